The van der Waals surface area contributed by atoms with E-state index in [-0.39, 0.29) is 22.0 Å². The number of carbonyl (C=O) groups excluding carboxylic acids is 1. The topological polar surface area (TPSA) is 72.7 Å². The van der Waals surface area contributed by atoms with Crippen LogP contribution in [0, 0.1) is 21.8 Å². The van der Waals surface area contributed by atoms with E-state index in [2.05, 4.69) is 20.7 Å². The monoisotopic (exact) mass is 346 g/mol. The Morgan fingerprint density at radius 2 is 2.30 bits per heavy atom. The molecule has 1 aromatic carbocycles. The van der Waals surface area contributed by atoms with Gasteiger partial charge in [0.2, 0.25) is 0 Å². The summed E-state index contributed by atoms with van der Waals surface area (Å²) >= 11 is 3.02. The summed E-state index contributed by atoms with van der Waals surface area (Å²) in [5, 5.41) is 11.0. The first kappa shape index (κ1) is 14.7. The average molecular weight is 347 g/mol. The highest BCUT2D eigenvalue weighted by Gasteiger charge is 2.32. The SMILES string of the molecule is COC(=O)C1CCN(c2cc(Br)c(F)cc2[N+](=O)[O-])C1. The summed E-state index contributed by atoms with van der Waals surface area (Å²) in [7, 11) is 1.31. The van der Waals surface area contributed by atoms with Crippen LogP contribution in [0.1, 0.15) is 6.42 Å². The first-order chi connectivity index (χ1) is 9.43. The lowest BCUT2D eigenvalue weighted by molar-refractivity contribution is -0.384. The molecule has 1 heterocycles. The fourth-order valence-corrected chi connectivity index (χ4v) is 2.59. The quantitative estimate of drug-likeness (QED) is 0.477. The molecule has 0 aromatic heterocycles. The third kappa shape index (κ3) is 2.74. The van der Waals surface area contributed by atoms with Gasteiger partial charge < -0.3 is 9.64 Å². The van der Waals surface area contributed by atoms with Crippen LogP contribution in [0.2, 0.25) is 0 Å². The van der Waals surface area contributed by atoms with Crippen LogP contribution in [-0.2, 0) is 9.53 Å². The second kappa shape index (κ2) is 5.74. The molecule has 108 valence electrons. The first-order valence-electron chi connectivity index (χ1n) is 5.90. The maximum Gasteiger partial charge on any atom is 0.310 e. The van der Waals surface area contributed by atoms with Gasteiger partial charge in [-0.15, -0.1) is 0 Å². The Morgan fingerprint density at radius 3 is 2.90 bits per heavy atom. The van der Waals surface area contributed by atoms with Gasteiger partial charge in [-0.1, -0.05) is 0 Å². The van der Waals surface area contributed by atoms with Crippen LogP contribution in [0.15, 0.2) is 16.6 Å². The van der Waals surface area contributed by atoms with Gasteiger partial charge in [-0.2, -0.15) is 0 Å². The first-order valence-corrected chi connectivity index (χ1v) is 6.69. The van der Waals surface area contributed by atoms with Gasteiger partial charge in [-0.25, -0.2) is 4.39 Å². The predicted molar refractivity (Wildman–Crippen MR) is 73.1 cm³/mol. The van der Waals surface area contributed by atoms with E-state index in [0.717, 1.165) is 6.07 Å². The molecule has 1 fully saturated rings. The zero-order valence-corrected chi connectivity index (χ0v) is 12.2. The number of carbonyl (C=O) groups is 1. The van der Waals surface area contributed by atoms with E-state index in [1.54, 1.807) is 4.90 Å². The van der Waals surface area contributed by atoms with Crippen LogP contribution < -0.4 is 4.90 Å². The van der Waals surface area contributed by atoms with Gasteiger partial charge in [-0.05, 0) is 28.4 Å². The van der Waals surface area contributed by atoms with Gasteiger partial charge in [0.1, 0.15) is 11.5 Å². The average Bonchev–Trinajstić information content (AvgIpc) is 2.89. The number of esters is 1. The van der Waals surface area contributed by atoms with Crippen molar-refractivity contribution in [3.05, 3.63) is 32.5 Å². The summed E-state index contributed by atoms with van der Waals surface area (Å²) < 4.78 is 18.2. The summed E-state index contributed by atoms with van der Waals surface area (Å²) in [6.07, 6.45) is 0.554. The zero-order valence-electron chi connectivity index (χ0n) is 10.6. The van der Waals surface area contributed by atoms with Crippen LogP contribution in [0.4, 0.5) is 15.8 Å². The summed E-state index contributed by atoms with van der Waals surface area (Å²) in [5.74, 6) is -1.34. The Balaban J connectivity index is 2.32. The number of rotatable bonds is 3. The Morgan fingerprint density at radius 1 is 1.60 bits per heavy atom. The molecule has 6 nitrogen and oxygen atoms in total. The molecule has 1 atom stereocenters. The highest BCUT2D eigenvalue weighted by atomic mass is 79.9. The molecule has 20 heavy (non-hydrogen) atoms. The van der Waals surface area contributed by atoms with E-state index < -0.39 is 10.7 Å². The molecule has 0 spiro atoms. The van der Waals surface area contributed by atoms with Crippen molar-refractivity contribution in [2.45, 2.75) is 6.42 Å². The van der Waals surface area contributed by atoms with Gasteiger partial charge in [0.05, 0.1) is 28.5 Å². The van der Waals surface area contributed by atoms with Gasteiger partial charge in [-0.3, -0.25) is 14.9 Å². The molecule has 1 saturated heterocycles. The highest BCUT2D eigenvalue weighted by Crippen LogP contribution is 2.36. The number of benzene rings is 1. The largest absolute Gasteiger partial charge is 0.469 e. The molecule has 1 aromatic rings. The summed E-state index contributed by atoms with van der Waals surface area (Å²) in [4.78, 5) is 23.6. The number of nitro benzene ring substituents is 1. The maximum atomic E-state index is 13.4. The van der Waals surface area contributed by atoms with Crippen molar-refractivity contribution in [2.75, 3.05) is 25.1 Å². The Bertz CT molecular complexity index is 567. The van der Waals surface area contributed by atoms with Gasteiger partial charge in [0.25, 0.3) is 5.69 Å². The van der Waals surface area contributed by atoms with Crippen molar-refractivity contribution in [2.24, 2.45) is 5.92 Å². The number of hydrogen-bond donors (Lipinski definition) is 0. The predicted octanol–water partition coefficient (Wildman–Crippen LogP) is 2.50. The number of methoxy groups -OCH3 is 1. The molecule has 2 rings (SSSR count). The number of hydrogen-bond acceptors (Lipinski definition) is 5. The third-order valence-electron chi connectivity index (χ3n) is 3.28. The normalized spacial score (nSPS) is 18.1. The third-order valence-corrected chi connectivity index (χ3v) is 3.89. The number of nitrogens with zero attached hydrogens (tertiary/aromatic N) is 2. The number of nitro groups is 1. The lowest BCUT2D eigenvalue weighted by atomic mass is 10.1. The lowest BCUT2D eigenvalue weighted by Gasteiger charge is -2.18. The van der Waals surface area contributed by atoms with Crippen LogP contribution in [0.25, 0.3) is 0 Å². The molecule has 0 bridgehead atoms. The molecule has 8 heteroatoms. The maximum absolute atomic E-state index is 13.4. The van der Waals surface area contributed by atoms with Crippen LogP contribution >= 0.6 is 15.9 Å². The Kier molecular flexibility index (Phi) is 4.22. The van der Waals surface area contributed by atoms with E-state index in [1.807, 2.05) is 0 Å². The minimum Gasteiger partial charge on any atom is -0.469 e. The van der Waals surface area contributed by atoms with Gasteiger partial charge in [0, 0.05) is 13.1 Å². The van der Waals surface area contributed by atoms with Crippen LogP contribution in [0.5, 0.6) is 0 Å². The van der Waals surface area contributed by atoms with E-state index >= 15 is 0 Å². The minimum atomic E-state index is -0.691. The Labute approximate surface area is 122 Å². The van der Waals surface area contributed by atoms with Crippen molar-refractivity contribution in [1.29, 1.82) is 0 Å². The number of anilines is 1. The van der Waals surface area contributed by atoms with Crippen molar-refractivity contribution in [1.82, 2.24) is 0 Å². The molecule has 1 aliphatic rings. The smallest absolute Gasteiger partial charge is 0.310 e. The summed E-state index contributed by atoms with van der Waals surface area (Å²) in [6.45, 7) is 0.810. The molecular formula is C12H12BrFN2O4. The van der Waals surface area contributed by atoms with Gasteiger partial charge >= 0.3 is 5.97 Å². The van der Waals surface area contributed by atoms with Gasteiger partial charge in [0.15, 0.2) is 0 Å². The van der Waals surface area contributed by atoms with Crippen molar-refractivity contribution in [3.63, 3.8) is 0 Å². The van der Waals surface area contributed by atoms with E-state index in [9.17, 15) is 19.3 Å². The standard InChI is InChI=1S/C12H12BrFN2O4/c1-20-12(17)7-2-3-15(6-7)10-4-8(13)9(14)5-11(10)16(18)19/h4-5,7H,2-3,6H2,1H3. The molecule has 0 amide bonds. The van der Waals surface area contributed by atoms with Crippen LogP contribution in [-0.4, -0.2) is 31.1 Å². The fourth-order valence-electron chi connectivity index (χ4n) is 2.26. The molecule has 0 radical (unpaired) electrons. The van der Waals surface area contributed by atoms with Crippen molar-refractivity contribution < 1.29 is 18.8 Å². The van der Waals surface area contributed by atoms with Crippen LogP contribution in [0.3, 0.4) is 0 Å². The molecule has 1 unspecified atom stereocenters. The molecule has 0 saturated carbocycles. The van der Waals surface area contributed by atoms with E-state index in [0.29, 0.717) is 25.2 Å². The highest BCUT2D eigenvalue weighted by molar-refractivity contribution is 9.10. The zero-order chi connectivity index (χ0) is 14.9. The number of halogens is 2. The second-order valence-corrected chi connectivity index (χ2v) is 5.32. The molecular weight excluding hydrogens is 335 g/mol. The van der Waals surface area contributed by atoms with Crippen molar-refractivity contribution >= 4 is 33.3 Å². The number of ether oxygens (including phenoxy) is 1. The van der Waals surface area contributed by atoms with E-state index in [4.69, 9.17) is 0 Å². The van der Waals surface area contributed by atoms with Crippen molar-refractivity contribution in [3.8, 4) is 0 Å². The molecule has 0 N–H and O–H groups in total. The Hall–Kier alpha value is -1.70. The summed E-state index contributed by atoms with van der Waals surface area (Å²) in [6, 6.07) is 2.25. The molecule has 1 aliphatic heterocycles. The second-order valence-electron chi connectivity index (χ2n) is 4.47. The minimum absolute atomic E-state index is 0.152. The fraction of sp³-hybridized carbons (Fsp3) is 0.417. The molecule has 0 aliphatic carbocycles. The lowest BCUT2D eigenvalue weighted by Crippen LogP contribution is -2.24. The van der Waals surface area contributed by atoms with E-state index in [1.165, 1.54) is 13.2 Å². The summed E-state index contributed by atoms with van der Waals surface area (Å²) in [5.41, 5.74) is -0.00843.